The van der Waals surface area contributed by atoms with Crippen molar-refractivity contribution in [3.8, 4) is 17.0 Å². The molecule has 3 nitrogen and oxygen atoms in total. The van der Waals surface area contributed by atoms with E-state index >= 15 is 0 Å². The number of methoxy groups -OCH3 is 1. The number of hydrogen-bond donors (Lipinski definition) is 0. The molecule has 21 heavy (non-hydrogen) atoms. The number of hydrogen-bond acceptors (Lipinski definition) is 2. The number of nitrogens with zero attached hydrogens (tertiary/aromatic N) is 2. The lowest BCUT2D eigenvalue weighted by atomic mass is 9.92. The summed E-state index contributed by atoms with van der Waals surface area (Å²) >= 11 is 3.61. The van der Waals surface area contributed by atoms with Crippen molar-refractivity contribution in [2.24, 2.45) is 0 Å². The van der Waals surface area contributed by atoms with Crippen molar-refractivity contribution in [2.45, 2.75) is 19.8 Å². The largest absolute Gasteiger partial charge is 0.497 e. The van der Waals surface area contributed by atoms with Crippen molar-refractivity contribution in [3.05, 3.63) is 51.8 Å². The molecule has 0 amide bonds. The second-order valence-electron chi connectivity index (χ2n) is 5.39. The summed E-state index contributed by atoms with van der Waals surface area (Å²) in [7, 11) is 1.70. The molecule has 0 atom stereocenters. The van der Waals surface area contributed by atoms with Gasteiger partial charge in [0.25, 0.3) is 0 Å². The van der Waals surface area contributed by atoms with Crippen LogP contribution in [0.4, 0.5) is 0 Å². The first-order valence-electron chi connectivity index (χ1n) is 7.03. The van der Waals surface area contributed by atoms with Crippen LogP contribution in [0.15, 0.2) is 34.8 Å². The van der Waals surface area contributed by atoms with Gasteiger partial charge in [0.15, 0.2) is 0 Å². The molecule has 2 aromatic heterocycles. The second-order valence-corrected chi connectivity index (χ2v) is 6.24. The zero-order valence-corrected chi connectivity index (χ0v) is 13.6. The smallest absolute Gasteiger partial charge is 0.137 e. The van der Waals surface area contributed by atoms with E-state index in [1.54, 1.807) is 7.11 Å². The van der Waals surface area contributed by atoms with Gasteiger partial charge >= 0.3 is 0 Å². The van der Waals surface area contributed by atoms with Crippen molar-refractivity contribution in [1.82, 2.24) is 9.38 Å². The first-order valence-corrected chi connectivity index (χ1v) is 7.82. The number of benzene rings is 1. The molecule has 3 aromatic rings. The van der Waals surface area contributed by atoms with Crippen molar-refractivity contribution in [2.75, 3.05) is 7.11 Å². The Balaban J connectivity index is 2.05. The molecule has 1 aromatic carbocycles. The molecule has 2 heterocycles. The zero-order chi connectivity index (χ0) is 14.6. The molecule has 0 bridgehead atoms. The monoisotopic (exact) mass is 342 g/mol. The van der Waals surface area contributed by atoms with Gasteiger partial charge in [0.05, 0.1) is 18.5 Å². The van der Waals surface area contributed by atoms with Crippen LogP contribution in [0, 0.1) is 6.92 Å². The number of imidazole rings is 1. The Morgan fingerprint density at radius 3 is 2.86 bits per heavy atom. The van der Waals surface area contributed by atoms with E-state index in [-0.39, 0.29) is 0 Å². The van der Waals surface area contributed by atoms with E-state index in [2.05, 4.69) is 51.5 Å². The molecular formula is C17H15BrN2O. The molecule has 0 spiro atoms. The molecule has 4 rings (SSSR count). The average Bonchev–Trinajstić information content (AvgIpc) is 2.90. The number of fused-ring (bicyclic) bond motifs is 5. The highest BCUT2D eigenvalue weighted by Crippen LogP contribution is 2.36. The summed E-state index contributed by atoms with van der Waals surface area (Å²) in [5.41, 5.74) is 7.16. The van der Waals surface area contributed by atoms with Gasteiger partial charge in [-0.2, -0.15) is 0 Å². The van der Waals surface area contributed by atoms with Crippen molar-refractivity contribution in [1.29, 1.82) is 0 Å². The third-order valence-corrected chi connectivity index (χ3v) is 5.10. The molecule has 0 aliphatic heterocycles. The van der Waals surface area contributed by atoms with Crippen LogP contribution in [0.3, 0.4) is 0 Å². The summed E-state index contributed by atoms with van der Waals surface area (Å²) in [6.45, 7) is 2.13. The second kappa shape index (κ2) is 4.60. The summed E-state index contributed by atoms with van der Waals surface area (Å²) in [5.74, 6) is 0.886. The summed E-state index contributed by atoms with van der Waals surface area (Å²) in [5, 5.41) is 0. The lowest BCUT2D eigenvalue weighted by Crippen LogP contribution is -2.07. The number of pyridine rings is 1. The van der Waals surface area contributed by atoms with E-state index in [0.29, 0.717) is 0 Å². The molecule has 0 unspecified atom stereocenters. The Kier molecular flexibility index (Phi) is 2.82. The lowest BCUT2D eigenvalue weighted by molar-refractivity contribution is 0.415. The number of aryl methyl sites for hydroxylation is 3. The Morgan fingerprint density at radius 1 is 1.19 bits per heavy atom. The van der Waals surface area contributed by atoms with Gasteiger partial charge in [-0.25, -0.2) is 4.98 Å². The maximum atomic E-state index is 5.37. The lowest BCUT2D eigenvalue weighted by Gasteiger charge is -2.17. The van der Waals surface area contributed by atoms with Gasteiger partial charge in [-0.15, -0.1) is 0 Å². The third-order valence-electron chi connectivity index (χ3n) is 4.26. The third kappa shape index (κ3) is 1.82. The quantitative estimate of drug-likeness (QED) is 0.663. The minimum absolute atomic E-state index is 0.886. The molecule has 1 aliphatic carbocycles. The van der Waals surface area contributed by atoms with Gasteiger partial charge in [0, 0.05) is 15.7 Å². The Hall–Kier alpha value is -1.81. The van der Waals surface area contributed by atoms with Crippen molar-refractivity contribution < 1.29 is 4.74 Å². The molecule has 4 heteroatoms. The van der Waals surface area contributed by atoms with Crippen LogP contribution < -0.4 is 4.74 Å². The van der Waals surface area contributed by atoms with E-state index in [1.807, 2.05) is 6.07 Å². The van der Waals surface area contributed by atoms with Gasteiger partial charge in [-0.1, -0.05) is 6.07 Å². The van der Waals surface area contributed by atoms with Crippen LogP contribution in [0.5, 0.6) is 5.75 Å². The molecule has 0 radical (unpaired) electrons. The first kappa shape index (κ1) is 12.9. The minimum atomic E-state index is 0.886. The number of aromatic nitrogens is 2. The standard InChI is InChI=1S/C17H15BrN2O/c1-10-14(18)6-8-16-19-17-13-9-12(21-2)5-3-11(13)4-7-15(17)20(10)16/h3,5-6,8-9H,4,7H2,1-2H3. The number of halogens is 1. The van der Waals surface area contributed by atoms with Crippen LogP contribution >= 0.6 is 15.9 Å². The molecule has 0 saturated carbocycles. The van der Waals surface area contributed by atoms with Crippen LogP contribution in [0.2, 0.25) is 0 Å². The van der Waals surface area contributed by atoms with Crippen molar-refractivity contribution >= 4 is 21.6 Å². The van der Waals surface area contributed by atoms with Gasteiger partial charge in [0.2, 0.25) is 0 Å². The average molecular weight is 343 g/mol. The van der Waals surface area contributed by atoms with Gasteiger partial charge < -0.3 is 4.74 Å². The minimum Gasteiger partial charge on any atom is -0.497 e. The van der Waals surface area contributed by atoms with Crippen LogP contribution in [-0.2, 0) is 12.8 Å². The summed E-state index contributed by atoms with van der Waals surface area (Å²) < 4.78 is 8.75. The Bertz CT molecular complexity index is 867. The van der Waals surface area contributed by atoms with Gasteiger partial charge in [-0.3, -0.25) is 4.40 Å². The number of rotatable bonds is 1. The molecule has 0 N–H and O–H groups in total. The highest BCUT2D eigenvalue weighted by atomic mass is 79.9. The van der Waals surface area contributed by atoms with E-state index in [1.165, 1.54) is 22.5 Å². The molecule has 1 aliphatic rings. The van der Waals surface area contributed by atoms with Gasteiger partial charge in [-0.05, 0) is 65.5 Å². The van der Waals surface area contributed by atoms with E-state index in [4.69, 9.17) is 9.72 Å². The fourth-order valence-electron chi connectivity index (χ4n) is 3.15. The first-order chi connectivity index (χ1) is 10.2. The topological polar surface area (TPSA) is 26.5 Å². The highest BCUT2D eigenvalue weighted by Gasteiger charge is 2.23. The van der Waals surface area contributed by atoms with Crippen LogP contribution in [0.25, 0.3) is 16.9 Å². The normalized spacial score (nSPS) is 13.1. The maximum Gasteiger partial charge on any atom is 0.137 e. The van der Waals surface area contributed by atoms with E-state index < -0.39 is 0 Å². The van der Waals surface area contributed by atoms with Crippen LogP contribution in [-0.4, -0.2) is 16.5 Å². The summed E-state index contributed by atoms with van der Waals surface area (Å²) in [6, 6.07) is 10.4. The van der Waals surface area contributed by atoms with E-state index in [9.17, 15) is 0 Å². The SMILES string of the molecule is COc1ccc2c(c1)-c1nc3ccc(Br)c(C)n3c1CC2. The summed E-state index contributed by atoms with van der Waals surface area (Å²) in [4.78, 5) is 4.86. The molecular weight excluding hydrogens is 328 g/mol. The maximum absolute atomic E-state index is 5.37. The van der Waals surface area contributed by atoms with E-state index in [0.717, 1.165) is 34.4 Å². The molecule has 0 fully saturated rings. The molecule has 106 valence electrons. The highest BCUT2D eigenvalue weighted by molar-refractivity contribution is 9.10. The van der Waals surface area contributed by atoms with Crippen LogP contribution in [0.1, 0.15) is 17.0 Å². The summed E-state index contributed by atoms with van der Waals surface area (Å²) in [6.07, 6.45) is 2.07. The zero-order valence-electron chi connectivity index (χ0n) is 12.0. The van der Waals surface area contributed by atoms with Gasteiger partial charge in [0.1, 0.15) is 11.4 Å². The fraction of sp³-hybridized carbons (Fsp3) is 0.235. The Morgan fingerprint density at radius 2 is 2.05 bits per heavy atom. The number of ether oxygens (including phenoxy) is 1. The predicted octanol–water partition coefficient (Wildman–Crippen LogP) is 4.18. The fourth-order valence-corrected chi connectivity index (χ4v) is 3.46. The van der Waals surface area contributed by atoms with Crippen molar-refractivity contribution in [3.63, 3.8) is 0 Å². The predicted molar refractivity (Wildman–Crippen MR) is 87.0 cm³/mol. The Labute approximate surface area is 131 Å². The molecule has 0 saturated heterocycles.